The molecule has 0 radical (unpaired) electrons. The van der Waals surface area contributed by atoms with Crippen molar-refractivity contribution in [3.8, 4) is 11.5 Å². The maximum absolute atomic E-state index is 5.78. The summed E-state index contributed by atoms with van der Waals surface area (Å²) in [7, 11) is 0. The van der Waals surface area contributed by atoms with E-state index in [0.29, 0.717) is 23.4 Å². The van der Waals surface area contributed by atoms with Crippen molar-refractivity contribution >= 4 is 11.1 Å². The van der Waals surface area contributed by atoms with E-state index in [9.17, 15) is 0 Å². The summed E-state index contributed by atoms with van der Waals surface area (Å²) in [6.45, 7) is 6.33. The third-order valence-corrected chi connectivity index (χ3v) is 4.02. The largest absolute Gasteiger partial charge is 0.420 e. The van der Waals surface area contributed by atoms with Crippen molar-refractivity contribution in [1.29, 1.82) is 0 Å². The van der Waals surface area contributed by atoms with E-state index in [2.05, 4.69) is 41.1 Å². The van der Waals surface area contributed by atoms with E-state index in [-0.39, 0.29) is 5.92 Å². The normalized spacial score (nSPS) is 21.3. The Morgan fingerprint density at radius 1 is 1.29 bits per heavy atom. The maximum atomic E-state index is 5.78. The lowest BCUT2D eigenvalue weighted by Crippen LogP contribution is -1.88. The highest BCUT2D eigenvalue weighted by atomic mass is 16.5. The molecule has 0 N–H and O–H groups in total. The summed E-state index contributed by atoms with van der Waals surface area (Å²) in [5.41, 5.74) is 2.24. The van der Waals surface area contributed by atoms with Gasteiger partial charge in [0.05, 0.1) is 16.6 Å². The highest BCUT2D eigenvalue weighted by molar-refractivity contribution is 5.80. The molecule has 1 aliphatic rings. The van der Waals surface area contributed by atoms with Gasteiger partial charge in [0.25, 0.3) is 5.71 Å². The molecule has 21 heavy (non-hydrogen) atoms. The van der Waals surface area contributed by atoms with Crippen molar-refractivity contribution in [2.75, 3.05) is 0 Å². The molecule has 3 heterocycles. The molecule has 3 aromatic rings. The molecule has 6 heteroatoms. The Hall–Kier alpha value is -2.24. The van der Waals surface area contributed by atoms with E-state index < -0.39 is 0 Å². The average Bonchev–Trinajstić information content (AvgIpc) is 2.94. The van der Waals surface area contributed by atoms with Crippen LogP contribution in [0.15, 0.2) is 21.2 Å². The Balaban J connectivity index is 1.75. The van der Waals surface area contributed by atoms with Crippen molar-refractivity contribution < 1.29 is 8.94 Å². The lowest BCUT2D eigenvalue weighted by molar-refractivity contribution is 0.434. The van der Waals surface area contributed by atoms with Gasteiger partial charge in [-0.2, -0.15) is 0 Å². The Morgan fingerprint density at radius 2 is 2.10 bits per heavy atom. The van der Waals surface area contributed by atoms with Crippen LogP contribution in [0.3, 0.4) is 0 Å². The number of fused-ring (bicyclic) bond motifs is 1. The number of rotatable bonds is 3. The van der Waals surface area contributed by atoms with Gasteiger partial charge in [-0.05, 0) is 24.3 Å². The van der Waals surface area contributed by atoms with Gasteiger partial charge in [0.15, 0.2) is 0 Å². The van der Waals surface area contributed by atoms with E-state index in [1.54, 1.807) is 6.20 Å². The summed E-state index contributed by atoms with van der Waals surface area (Å²) in [5, 5.41) is 13.3. The number of nitrogens with zero attached hydrogens (tertiary/aromatic N) is 4. The van der Waals surface area contributed by atoms with Gasteiger partial charge in [-0.15, -0.1) is 10.2 Å². The van der Waals surface area contributed by atoms with Gasteiger partial charge in [-0.1, -0.05) is 25.9 Å². The van der Waals surface area contributed by atoms with Gasteiger partial charge < -0.3 is 8.94 Å². The molecule has 6 nitrogen and oxygen atoms in total. The molecular weight excluding hydrogens is 268 g/mol. The van der Waals surface area contributed by atoms with Crippen LogP contribution in [0.4, 0.5) is 0 Å². The molecule has 0 aromatic carbocycles. The fourth-order valence-electron chi connectivity index (χ4n) is 2.55. The molecule has 1 fully saturated rings. The van der Waals surface area contributed by atoms with Crippen LogP contribution in [-0.4, -0.2) is 20.3 Å². The van der Waals surface area contributed by atoms with Crippen LogP contribution in [0.1, 0.15) is 50.6 Å². The summed E-state index contributed by atoms with van der Waals surface area (Å²) in [5.74, 6) is 2.57. The first-order valence-corrected chi connectivity index (χ1v) is 7.22. The molecule has 1 saturated carbocycles. The second kappa shape index (κ2) is 4.38. The zero-order valence-corrected chi connectivity index (χ0v) is 12.2. The van der Waals surface area contributed by atoms with Crippen molar-refractivity contribution in [3.63, 3.8) is 0 Å². The fraction of sp³-hybridized carbons (Fsp3) is 0.467. The van der Waals surface area contributed by atoms with E-state index in [4.69, 9.17) is 8.94 Å². The topological polar surface area (TPSA) is 77.8 Å². The summed E-state index contributed by atoms with van der Waals surface area (Å²) < 4.78 is 11.0. The molecule has 0 spiro atoms. The van der Waals surface area contributed by atoms with Crippen LogP contribution in [-0.2, 0) is 0 Å². The van der Waals surface area contributed by atoms with Crippen molar-refractivity contribution in [2.45, 2.75) is 39.0 Å². The van der Waals surface area contributed by atoms with Gasteiger partial charge in [0.2, 0.25) is 11.8 Å². The first-order valence-electron chi connectivity index (χ1n) is 7.22. The zero-order valence-electron chi connectivity index (χ0n) is 12.2. The predicted molar refractivity (Wildman–Crippen MR) is 75.7 cm³/mol. The highest BCUT2D eigenvalue weighted by Gasteiger charge is 2.38. The minimum Gasteiger partial charge on any atom is -0.420 e. The lowest BCUT2D eigenvalue weighted by atomic mass is 10.1. The number of pyridine rings is 1. The Labute approximate surface area is 121 Å². The summed E-state index contributed by atoms with van der Waals surface area (Å²) in [6.07, 6.45) is 2.81. The standard InChI is InChI=1S/C15H16N4O2/c1-7(2)12-11-5-9(6-16-14(11)21-19-12)13-17-18-15(20-13)10-4-8(10)3/h5-8,10H,4H2,1-3H3. The van der Waals surface area contributed by atoms with Gasteiger partial charge in [0, 0.05) is 12.1 Å². The van der Waals surface area contributed by atoms with E-state index in [1.807, 2.05) is 6.07 Å². The van der Waals surface area contributed by atoms with Gasteiger partial charge in [-0.3, -0.25) is 0 Å². The Kier molecular flexibility index (Phi) is 2.60. The Morgan fingerprint density at radius 3 is 2.81 bits per heavy atom. The molecule has 2 unspecified atom stereocenters. The molecule has 0 aliphatic heterocycles. The molecule has 0 bridgehead atoms. The van der Waals surface area contributed by atoms with E-state index in [0.717, 1.165) is 29.0 Å². The molecule has 1 aliphatic carbocycles. The van der Waals surface area contributed by atoms with Crippen molar-refractivity contribution in [3.05, 3.63) is 23.8 Å². The molecule has 108 valence electrons. The molecule has 3 aromatic heterocycles. The summed E-state index contributed by atoms with van der Waals surface area (Å²) >= 11 is 0. The maximum Gasteiger partial charge on any atom is 0.257 e. The van der Waals surface area contributed by atoms with Gasteiger partial charge in [0.1, 0.15) is 0 Å². The lowest BCUT2D eigenvalue weighted by Gasteiger charge is -1.99. The first-order chi connectivity index (χ1) is 10.1. The quantitative estimate of drug-likeness (QED) is 0.732. The van der Waals surface area contributed by atoms with Crippen LogP contribution >= 0.6 is 0 Å². The smallest absolute Gasteiger partial charge is 0.257 e. The van der Waals surface area contributed by atoms with Crippen molar-refractivity contribution in [2.24, 2.45) is 5.92 Å². The minimum absolute atomic E-state index is 0.272. The molecule has 4 rings (SSSR count). The minimum atomic E-state index is 0.272. The van der Waals surface area contributed by atoms with Crippen LogP contribution in [0, 0.1) is 5.92 Å². The molecule has 0 saturated heterocycles. The summed E-state index contributed by atoms with van der Waals surface area (Å²) in [4.78, 5) is 4.29. The second-order valence-corrected chi connectivity index (χ2v) is 6.06. The average molecular weight is 284 g/mol. The van der Waals surface area contributed by atoms with Crippen LogP contribution in [0.5, 0.6) is 0 Å². The number of aromatic nitrogens is 4. The molecule has 0 amide bonds. The van der Waals surface area contributed by atoms with Crippen LogP contribution in [0.2, 0.25) is 0 Å². The SMILES string of the molecule is CC(C)c1noc2ncc(-c3nnc(C4CC4C)o3)cc12. The van der Waals surface area contributed by atoms with Gasteiger partial charge >= 0.3 is 0 Å². The van der Waals surface area contributed by atoms with E-state index in [1.165, 1.54) is 0 Å². The zero-order chi connectivity index (χ0) is 14.6. The number of hydrogen-bond acceptors (Lipinski definition) is 6. The number of hydrogen-bond donors (Lipinski definition) is 0. The predicted octanol–water partition coefficient (Wildman–Crippen LogP) is 3.52. The van der Waals surface area contributed by atoms with Crippen molar-refractivity contribution in [1.82, 2.24) is 20.3 Å². The van der Waals surface area contributed by atoms with E-state index >= 15 is 0 Å². The third-order valence-electron chi connectivity index (χ3n) is 4.02. The highest BCUT2D eigenvalue weighted by Crippen LogP contribution is 2.46. The Bertz CT molecular complexity index is 805. The molecular formula is C15H16N4O2. The van der Waals surface area contributed by atoms with Gasteiger partial charge in [-0.25, -0.2) is 4.98 Å². The van der Waals surface area contributed by atoms with Crippen LogP contribution in [0.25, 0.3) is 22.6 Å². The summed E-state index contributed by atoms with van der Waals surface area (Å²) in [6, 6.07) is 1.96. The van der Waals surface area contributed by atoms with Crippen LogP contribution < -0.4 is 0 Å². The fourth-order valence-corrected chi connectivity index (χ4v) is 2.55. The third kappa shape index (κ3) is 2.02. The monoisotopic (exact) mass is 284 g/mol. The first kappa shape index (κ1) is 12.5. The second-order valence-electron chi connectivity index (χ2n) is 6.06. The molecule has 2 atom stereocenters.